The Morgan fingerprint density at radius 1 is 1.22 bits per heavy atom. The first kappa shape index (κ1) is 12.7. The second-order valence-corrected chi connectivity index (χ2v) is 6.28. The zero-order valence-corrected chi connectivity index (χ0v) is 11.8. The van der Waals surface area contributed by atoms with Crippen molar-refractivity contribution in [1.82, 2.24) is 10.2 Å². The smallest absolute Gasteiger partial charge is 0.0452 e. The minimum atomic E-state index is 0.770. The maximum atomic E-state index is 6.23. The molecule has 2 fully saturated rings. The van der Waals surface area contributed by atoms with Crippen molar-refractivity contribution in [3.8, 4) is 0 Å². The van der Waals surface area contributed by atoms with Crippen molar-refractivity contribution >= 4 is 23.2 Å². The lowest BCUT2D eigenvalue weighted by molar-refractivity contribution is 0.142. The second kappa shape index (κ2) is 5.38. The average molecular weight is 285 g/mol. The van der Waals surface area contributed by atoms with Gasteiger partial charge in [0.05, 0.1) is 0 Å². The molecule has 0 aromatic heterocycles. The summed E-state index contributed by atoms with van der Waals surface area (Å²) in [7, 11) is 0. The molecule has 2 unspecified atom stereocenters. The van der Waals surface area contributed by atoms with Crippen LogP contribution in [0.25, 0.3) is 0 Å². The summed E-state index contributed by atoms with van der Waals surface area (Å²) in [6, 6.07) is 5.73. The SMILES string of the molecule is Clc1ccc(Cl)c(CN2CCC3CNCC3C2)c1. The Labute approximate surface area is 118 Å². The van der Waals surface area contributed by atoms with E-state index in [2.05, 4.69) is 10.2 Å². The van der Waals surface area contributed by atoms with E-state index in [9.17, 15) is 0 Å². The van der Waals surface area contributed by atoms with E-state index in [4.69, 9.17) is 23.2 Å². The minimum Gasteiger partial charge on any atom is -0.316 e. The van der Waals surface area contributed by atoms with Crippen LogP contribution in [0.1, 0.15) is 12.0 Å². The molecule has 0 radical (unpaired) electrons. The number of piperidine rings is 1. The molecule has 2 nitrogen and oxygen atoms in total. The van der Waals surface area contributed by atoms with Crippen LogP contribution in [-0.2, 0) is 6.54 Å². The molecule has 0 aliphatic carbocycles. The second-order valence-electron chi connectivity index (χ2n) is 5.44. The van der Waals surface area contributed by atoms with Crippen molar-refractivity contribution < 1.29 is 0 Å². The summed E-state index contributed by atoms with van der Waals surface area (Å²) in [6.07, 6.45) is 1.30. The number of benzene rings is 1. The predicted molar refractivity (Wildman–Crippen MR) is 76.2 cm³/mol. The Balaban J connectivity index is 1.67. The summed E-state index contributed by atoms with van der Waals surface area (Å²) >= 11 is 12.3. The van der Waals surface area contributed by atoms with Gasteiger partial charge in [-0.05, 0) is 61.7 Å². The highest BCUT2D eigenvalue weighted by atomic mass is 35.5. The van der Waals surface area contributed by atoms with Gasteiger partial charge in [0, 0.05) is 23.1 Å². The summed E-state index contributed by atoms with van der Waals surface area (Å²) in [6.45, 7) is 5.65. The van der Waals surface area contributed by atoms with E-state index in [1.165, 1.54) is 32.6 Å². The van der Waals surface area contributed by atoms with E-state index in [1.807, 2.05) is 18.2 Å². The standard InChI is InChI=1S/C14H18Cl2N2/c15-13-1-2-14(16)11(5-13)8-18-4-3-10-6-17-7-12(10)9-18/h1-2,5,10,12,17H,3-4,6-9H2. The number of nitrogens with one attached hydrogen (secondary N) is 1. The van der Waals surface area contributed by atoms with Crippen molar-refractivity contribution in [3.05, 3.63) is 33.8 Å². The van der Waals surface area contributed by atoms with Crippen LogP contribution in [0.2, 0.25) is 10.0 Å². The molecule has 0 bridgehead atoms. The molecule has 1 aromatic carbocycles. The third kappa shape index (κ3) is 2.67. The van der Waals surface area contributed by atoms with Gasteiger partial charge in [-0.15, -0.1) is 0 Å². The zero-order chi connectivity index (χ0) is 12.5. The van der Waals surface area contributed by atoms with Crippen molar-refractivity contribution in [2.24, 2.45) is 11.8 Å². The maximum Gasteiger partial charge on any atom is 0.0452 e. The summed E-state index contributed by atoms with van der Waals surface area (Å²) in [5, 5.41) is 5.09. The highest BCUT2D eigenvalue weighted by Crippen LogP contribution is 2.29. The van der Waals surface area contributed by atoms with Crippen molar-refractivity contribution in [3.63, 3.8) is 0 Å². The molecule has 3 rings (SSSR count). The Morgan fingerprint density at radius 3 is 2.94 bits per heavy atom. The molecule has 2 saturated heterocycles. The van der Waals surface area contributed by atoms with E-state index in [-0.39, 0.29) is 0 Å². The highest BCUT2D eigenvalue weighted by Gasteiger charge is 2.32. The van der Waals surface area contributed by atoms with Crippen LogP contribution in [0.5, 0.6) is 0 Å². The summed E-state index contributed by atoms with van der Waals surface area (Å²) in [4.78, 5) is 2.51. The van der Waals surface area contributed by atoms with E-state index in [0.717, 1.165) is 34.0 Å². The fourth-order valence-electron chi connectivity index (χ4n) is 3.16. The predicted octanol–water partition coefficient (Wildman–Crippen LogP) is 3.03. The molecule has 0 saturated carbocycles. The Bertz CT molecular complexity index is 436. The van der Waals surface area contributed by atoms with Gasteiger partial charge in [0.15, 0.2) is 0 Å². The molecule has 4 heteroatoms. The van der Waals surface area contributed by atoms with Crippen molar-refractivity contribution in [1.29, 1.82) is 0 Å². The summed E-state index contributed by atoms with van der Waals surface area (Å²) in [5.74, 6) is 1.70. The summed E-state index contributed by atoms with van der Waals surface area (Å²) < 4.78 is 0. The van der Waals surface area contributed by atoms with Crippen LogP contribution in [-0.4, -0.2) is 31.1 Å². The number of halogens is 2. The van der Waals surface area contributed by atoms with Crippen molar-refractivity contribution in [2.75, 3.05) is 26.2 Å². The summed E-state index contributed by atoms with van der Waals surface area (Å²) in [5.41, 5.74) is 1.15. The van der Waals surface area contributed by atoms with E-state index < -0.39 is 0 Å². The number of likely N-dealkylation sites (tertiary alicyclic amines) is 1. The van der Waals surface area contributed by atoms with Gasteiger partial charge in [0.25, 0.3) is 0 Å². The third-order valence-corrected chi connectivity index (χ3v) is 4.79. The minimum absolute atomic E-state index is 0.770. The molecule has 98 valence electrons. The Morgan fingerprint density at radius 2 is 2.06 bits per heavy atom. The highest BCUT2D eigenvalue weighted by molar-refractivity contribution is 6.33. The topological polar surface area (TPSA) is 15.3 Å². The first-order valence-corrected chi connectivity index (χ1v) is 7.35. The van der Waals surface area contributed by atoms with Gasteiger partial charge in [0.1, 0.15) is 0 Å². The largest absolute Gasteiger partial charge is 0.316 e. The van der Waals surface area contributed by atoms with E-state index >= 15 is 0 Å². The van der Waals surface area contributed by atoms with Gasteiger partial charge in [-0.1, -0.05) is 23.2 Å². The van der Waals surface area contributed by atoms with Gasteiger partial charge >= 0.3 is 0 Å². The molecule has 1 aromatic rings. The molecule has 2 aliphatic heterocycles. The van der Waals surface area contributed by atoms with Crippen LogP contribution in [0.15, 0.2) is 18.2 Å². The molecule has 0 amide bonds. The molecular formula is C14H18Cl2N2. The lowest BCUT2D eigenvalue weighted by Crippen LogP contribution is -2.39. The molecule has 2 heterocycles. The molecule has 0 spiro atoms. The van der Waals surface area contributed by atoms with Crippen LogP contribution in [0, 0.1) is 11.8 Å². The first-order chi connectivity index (χ1) is 8.72. The number of hydrogen-bond acceptors (Lipinski definition) is 2. The van der Waals surface area contributed by atoms with Crippen LogP contribution < -0.4 is 5.32 Å². The van der Waals surface area contributed by atoms with E-state index in [1.54, 1.807) is 0 Å². The van der Waals surface area contributed by atoms with Crippen LogP contribution in [0.3, 0.4) is 0 Å². The number of fused-ring (bicyclic) bond motifs is 1. The molecule has 2 atom stereocenters. The van der Waals surface area contributed by atoms with Crippen LogP contribution in [0.4, 0.5) is 0 Å². The lowest BCUT2D eigenvalue weighted by atomic mass is 9.88. The van der Waals surface area contributed by atoms with Gasteiger partial charge < -0.3 is 5.32 Å². The van der Waals surface area contributed by atoms with Crippen LogP contribution >= 0.6 is 23.2 Å². The fraction of sp³-hybridized carbons (Fsp3) is 0.571. The quantitative estimate of drug-likeness (QED) is 0.898. The normalized spacial score (nSPS) is 28.3. The first-order valence-electron chi connectivity index (χ1n) is 6.59. The fourth-order valence-corrected chi connectivity index (χ4v) is 3.53. The number of rotatable bonds is 2. The lowest BCUT2D eigenvalue weighted by Gasteiger charge is -2.34. The Hall–Kier alpha value is -0.280. The van der Waals surface area contributed by atoms with Gasteiger partial charge in [-0.25, -0.2) is 0 Å². The molecule has 2 aliphatic rings. The number of hydrogen-bond donors (Lipinski definition) is 1. The third-order valence-electron chi connectivity index (χ3n) is 4.19. The maximum absolute atomic E-state index is 6.23. The molecule has 1 N–H and O–H groups in total. The van der Waals surface area contributed by atoms with Crippen molar-refractivity contribution in [2.45, 2.75) is 13.0 Å². The Kier molecular flexibility index (Phi) is 3.81. The van der Waals surface area contributed by atoms with E-state index in [0.29, 0.717) is 0 Å². The average Bonchev–Trinajstić information content (AvgIpc) is 2.81. The monoisotopic (exact) mass is 284 g/mol. The van der Waals surface area contributed by atoms with Gasteiger partial charge in [-0.3, -0.25) is 4.90 Å². The molecular weight excluding hydrogens is 267 g/mol. The number of nitrogens with zero attached hydrogens (tertiary/aromatic N) is 1. The van der Waals surface area contributed by atoms with Gasteiger partial charge in [-0.2, -0.15) is 0 Å². The zero-order valence-electron chi connectivity index (χ0n) is 10.3. The molecule has 18 heavy (non-hydrogen) atoms. The van der Waals surface area contributed by atoms with Gasteiger partial charge in [0.2, 0.25) is 0 Å².